The third-order valence-electron chi connectivity index (χ3n) is 4.14. The van der Waals surface area contributed by atoms with Crippen molar-refractivity contribution in [1.29, 1.82) is 0 Å². The molecule has 2 N–H and O–H groups in total. The van der Waals surface area contributed by atoms with Gasteiger partial charge in [0.15, 0.2) is 0 Å². The molecule has 0 saturated carbocycles. The van der Waals surface area contributed by atoms with Crippen LogP contribution in [0.3, 0.4) is 0 Å². The van der Waals surface area contributed by atoms with Crippen LogP contribution in [0.15, 0.2) is 30.3 Å². The summed E-state index contributed by atoms with van der Waals surface area (Å²) in [5, 5.41) is 19.3. The first-order valence-electron chi connectivity index (χ1n) is 7.86. The molecular weight excluding hydrogens is 298 g/mol. The first-order valence-corrected chi connectivity index (χ1v) is 9.01. The van der Waals surface area contributed by atoms with E-state index in [0.29, 0.717) is 32.4 Å². The van der Waals surface area contributed by atoms with E-state index in [1.165, 1.54) is 5.56 Å². The number of thioether (sulfide) groups is 1. The Hall–Kier alpha value is -1.04. The van der Waals surface area contributed by atoms with Gasteiger partial charge in [-0.25, -0.2) is 0 Å². The van der Waals surface area contributed by atoms with Crippen molar-refractivity contribution in [1.82, 2.24) is 4.90 Å². The highest BCUT2D eigenvalue weighted by Gasteiger charge is 2.30. The molecule has 1 amide bonds. The van der Waals surface area contributed by atoms with Gasteiger partial charge in [0.1, 0.15) is 0 Å². The zero-order chi connectivity index (χ0) is 15.8. The molecule has 1 aliphatic rings. The number of benzene rings is 1. The van der Waals surface area contributed by atoms with Gasteiger partial charge >= 0.3 is 0 Å². The van der Waals surface area contributed by atoms with E-state index in [9.17, 15) is 15.0 Å². The van der Waals surface area contributed by atoms with Crippen molar-refractivity contribution in [2.45, 2.75) is 37.0 Å². The molecule has 1 atom stereocenters. The van der Waals surface area contributed by atoms with E-state index in [1.807, 2.05) is 23.1 Å². The first kappa shape index (κ1) is 17.3. The van der Waals surface area contributed by atoms with Crippen molar-refractivity contribution in [3.8, 4) is 0 Å². The lowest BCUT2D eigenvalue weighted by molar-refractivity contribution is -0.130. The van der Waals surface area contributed by atoms with E-state index >= 15 is 0 Å². The Labute approximate surface area is 136 Å². The number of aliphatic hydroxyl groups is 2. The van der Waals surface area contributed by atoms with Crippen LogP contribution in [0.2, 0.25) is 0 Å². The molecule has 0 spiro atoms. The van der Waals surface area contributed by atoms with Crippen molar-refractivity contribution in [3.05, 3.63) is 35.9 Å². The predicted octanol–water partition coefficient (Wildman–Crippen LogP) is 2.05. The molecule has 1 aromatic carbocycles. The normalized spacial score (nSPS) is 22.4. The van der Waals surface area contributed by atoms with Gasteiger partial charge < -0.3 is 15.1 Å². The Bertz CT molecular complexity index is 468. The van der Waals surface area contributed by atoms with Gasteiger partial charge in [-0.3, -0.25) is 4.79 Å². The van der Waals surface area contributed by atoms with E-state index in [2.05, 4.69) is 12.1 Å². The van der Waals surface area contributed by atoms with Crippen LogP contribution in [0.4, 0.5) is 0 Å². The molecule has 1 saturated heterocycles. The summed E-state index contributed by atoms with van der Waals surface area (Å²) in [5.74, 6) is 1.90. The number of nitrogens with zero attached hydrogens (tertiary/aromatic N) is 1. The highest BCUT2D eigenvalue weighted by molar-refractivity contribution is 7.98. The lowest BCUT2D eigenvalue weighted by Crippen LogP contribution is -2.36. The molecule has 5 heteroatoms. The largest absolute Gasteiger partial charge is 0.393 e. The van der Waals surface area contributed by atoms with E-state index in [1.54, 1.807) is 11.8 Å². The van der Waals surface area contributed by atoms with Crippen LogP contribution >= 0.6 is 11.8 Å². The Kier molecular flexibility index (Phi) is 6.73. The lowest BCUT2D eigenvalue weighted by atomic mass is 9.96. The van der Waals surface area contributed by atoms with Crippen molar-refractivity contribution in [2.75, 3.05) is 25.4 Å². The third-order valence-corrected chi connectivity index (χ3v) is 5.17. The average Bonchev–Trinajstić information content (AvgIpc) is 2.75. The van der Waals surface area contributed by atoms with Crippen LogP contribution in [0.25, 0.3) is 0 Å². The van der Waals surface area contributed by atoms with Gasteiger partial charge in [0.2, 0.25) is 5.91 Å². The minimum Gasteiger partial charge on any atom is -0.393 e. The number of carbonyl (C=O) groups is 1. The lowest BCUT2D eigenvalue weighted by Gasteiger charge is -2.24. The Morgan fingerprint density at radius 3 is 2.73 bits per heavy atom. The van der Waals surface area contributed by atoms with Crippen LogP contribution in [0, 0.1) is 0 Å². The molecule has 0 aliphatic carbocycles. The molecule has 0 radical (unpaired) electrons. The number of likely N-dealkylation sites (tertiary alicyclic amines) is 1. The van der Waals surface area contributed by atoms with Crippen LogP contribution in [-0.2, 0) is 10.5 Å². The van der Waals surface area contributed by atoms with Gasteiger partial charge in [-0.2, -0.15) is 11.8 Å². The standard InChI is InChI=1S/C17H25NO3S/c19-14-17(21)8-4-10-18(11-9-17)16(20)7-12-22-13-15-5-2-1-3-6-15/h1-3,5-6,19,21H,4,7-14H2/t17-/m0/s1. The predicted molar refractivity (Wildman–Crippen MR) is 89.7 cm³/mol. The molecule has 22 heavy (non-hydrogen) atoms. The van der Waals surface area contributed by atoms with Crippen LogP contribution < -0.4 is 0 Å². The SMILES string of the molecule is O=C(CCSCc1ccccc1)N1CCC[C@@](O)(CO)CC1. The minimum absolute atomic E-state index is 0.155. The van der Waals surface area contributed by atoms with E-state index in [0.717, 1.165) is 17.9 Å². The molecule has 122 valence electrons. The molecule has 0 bridgehead atoms. The zero-order valence-electron chi connectivity index (χ0n) is 12.9. The Morgan fingerprint density at radius 1 is 1.23 bits per heavy atom. The van der Waals surface area contributed by atoms with E-state index in [4.69, 9.17) is 0 Å². The Balaban J connectivity index is 1.69. The summed E-state index contributed by atoms with van der Waals surface area (Å²) in [6.45, 7) is 1.01. The summed E-state index contributed by atoms with van der Waals surface area (Å²) in [5.41, 5.74) is 0.277. The third kappa shape index (κ3) is 5.30. The highest BCUT2D eigenvalue weighted by Crippen LogP contribution is 2.22. The molecule has 1 heterocycles. The van der Waals surface area contributed by atoms with Gasteiger partial charge in [-0.1, -0.05) is 30.3 Å². The smallest absolute Gasteiger partial charge is 0.223 e. The monoisotopic (exact) mass is 323 g/mol. The number of aliphatic hydroxyl groups excluding tert-OH is 1. The molecule has 1 aliphatic heterocycles. The Morgan fingerprint density at radius 2 is 2.00 bits per heavy atom. The van der Waals surface area contributed by atoms with Gasteiger partial charge in [-0.15, -0.1) is 0 Å². The number of rotatable bonds is 6. The molecule has 2 rings (SSSR count). The number of carbonyl (C=O) groups excluding carboxylic acids is 1. The average molecular weight is 323 g/mol. The molecular formula is C17H25NO3S. The number of hydrogen-bond donors (Lipinski definition) is 2. The van der Waals surface area contributed by atoms with Crippen LogP contribution in [-0.4, -0.2) is 52.1 Å². The fourth-order valence-electron chi connectivity index (χ4n) is 2.67. The topological polar surface area (TPSA) is 60.8 Å². The van der Waals surface area contributed by atoms with Crippen molar-refractivity contribution < 1.29 is 15.0 Å². The first-order chi connectivity index (χ1) is 10.6. The number of hydrogen-bond acceptors (Lipinski definition) is 4. The summed E-state index contributed by atoms with van der Waals surface area (Å²) in [6.07, 6.45) is 2.32. The summed E-state index contributed by atoms with van der Waals surface area (Å²) >= 11 is 1.77. The van der Waals surface area contributed by atoms with Gasteiger partial charge in [0.25, 0.3) is 0 Å². The van der Waals surface area contributed by atoms with Gasteiger partial charge in [0, 0.05) is 31.0 Å². The molecule has 0 unspecified atom stereocenters. The summed E-state index contributed by atoms with van der Waals surface area (Å²) in [4.78, 5) is 14.1. The second-order valence-corrected chi connectivity index (χ2v) is 7.01. The molecule has 1 fully saturated rings. The summed E-state index contributed by atoms with van der Waals surface area (Å²) in [6, 6.07) is 10.3. The van der Waals surface area contributed by atoms with Gasteiger partial charge in [-0.05, 0) is 24.8 Å². The maximum absolute atomic E-state index is 12.2. The van der Waals surface area contributed by atoms with E-state index < -0.39 is 5.60 Å². The molecule has 4 nitrogen and oxygen atoms in total. The quantitative estimate of drug-likeness (QED) is 0.787. The van der Waals surface area contributed by atoms with Crippen molar-refractivity contribution in [3.63, 3.8) is 0 Å². The fourth-order valence-corrected chi connectivity index (χ4v) is 3.56. The second kappa shape index (κ2) is 8.56. The molecule has 0 aromatic heterocycles. The highest BCUT2D eigenvalue weighted by atomic mass is 32.2. The van der Waals surface area contributed by atoms with Crippen LogP contribution in [0.5, 0.6) is 0 Å². The zero-order valence-corrected chi connectivity index (χ0v) is 13.7. The van der Waals surface area contributed by atoms with Crippen molar-refractivity contribution >= 4 is 17.7 Å². The van der Waals surface area contributed by atoms with Crippen molar-refractivity contribution in [2.24, 2.45) is 0 Å². The maximum atomic E-state index is 12.2. The number of amides is 1. The summed E-state index contributed by atoms with van der Waals surface area (Å²) < 4.78 is 0. The van der Waals surface area contributed by atoms with Crippen LogP contribution in [0.1, 0.15) is 31.2 Å². The summed E-state index contributed by atoms with van der Waals surface area (Å²) in [7, 11) is 0. The molecule has 1 aromatic rings. The minimum atomic E-state index is -1.00. The van der Waals surface area contributed by atoms with E-state index in [-0.39, 0.29) is 12.5 Å². The second-order valence-electron chi connectivity index (χ2n) is 5.90. The maximum Gasteiger partial charge on any atom is 0.223 e. The fraction of sp³-hybridized carbons (Fsp3) is 0.588. The van der Waals surface area contributed by atoms with Gasteiger partial charge in [0.05, 0.1) is 12.2 Å².